The first-order valence-electron chi connectivity index (χ1n) is 7.01. The highest BCUT2D eigenvalue weighted by atomic mass is 16.5. The lowest BCUT2D eigenvalue weighted by molar-refractivity contribution is -0.122. The van der Waals surface area contributed by atoms with Gasteiger partial charge in [0, 0.05) is 25.6 Å². The van der Waals surface area contributed by atoms with E-state index in [1.54, 1.807) is 0 Å². The molecular formula is C14H28N2O2. The van der Waals surface area contributed by atoms with E-state index in [-0.39, 0.29) is 23.5 Å². The fraction of sp³-hybridized carbons (Fsp3) is 0.929. The molecule has 1 amide bonds. The second-order valence-corrected chi connectivity index (χ2v) is 6.52. The highest BCUT2D eigenvalue weighted by molar-refractivity contribution is 5.76. The number of carbonyl (C=O) groups excluding carboxylic acids is 1. The van der Waals surface area contributed by atoms with Gasteiger partial charge in [-0.25, -0.2) is 0 Å². The normalized spacial score (nSPS) is 22.6. The Labute approximate surface area is 111 Å². The standard InChI is InChI=1S/C14H28N2O2/c1-14(2,3)9-11(15)8-13(17)16-10-12-6-4-5-7-18-12/h11-12H,4-10,15H2,1-3H3,(H,16,17). The zero-order chi connectivity index (χ0) is 13.6. The molecule has 1 rings (SSSR count). The van der Waals surface area contributed by atoms with Crippen LogP contribution in [0.4, 0.5) is 0 Å². The summed E-state index contributed by atoms with van der Waals surface area (Å²) in [5, 5.41) is 2.93. The maximum absolute atomic E-state index is 11.7. The lowest BCUT2D eigenvalue weighted by atomic mass is 9.87. The number of nitrogens with two attached hydrogens (primary N) is 1. The lowest BCUT2D eigenvalue weighted by Crippen LogP contribution is -2.39. The first kappa shape index (κ1) is 15.4. The minimum absolute atomic E-state index is 0.0425. The summed E-state index contributed by atoms with van der Waals surface area (Å²) in [6.45, 7) is 7.87. The molecule has 4 heteroatoms. The Balaban J connectivity index is 2.16. The van der Waals surface area contributed by atoms with Gasteiger partial charge in [-0.05, 0) is 31.1 Å². The van der Waals surface area contributed by atoms with Gasteiger partial charge in [-0.15, -0.1) is 0 Å². The predicted octanol–water partition coefficient (Wildman–Crippen LogP) is 1.83. The Morgan fingerprint density at radius 2 is 2.17 bits per heavy atom. The van der Waals surface area contributed by atoms with E-state index in [9.17, 15) is 4.79 Å². The Morgan fingerprint density at radius 3 is 2.72 bits per heavy atom. The molecule has 0 aromatic heterocycles. The van der Waals surface area contributed by atoms with E-state index in [2.05, 4.69) is 26.1 Å². The maximum atomic E-state index is 11.7. The van der Waals surface area contributed by atoms with Crippen molar-refractivity contribution in [2.75, 3.05) is 13.2 Å². The third-order valence-electron chi connectivity index (χ3n) is 3.12. The van der Waals surface area contributed by atoms with E-state index in [1.807, 2.05) is 0 Å². The average Bonchev–Trinajstić information content (AvgIpc) is 2.25. The van der Waals surface area contributed by atoms with Gasteiger partial charge in [-0.2, -0.15) is 0 Å². The molecule has 1 fully saturated rings. The lowest BCUT2D eigenvalue weighted by Gasteiger charge is -2.24. The van der Waals surface area contributed by atoms with Gasteiger partial charge in [0.05, 0.1) is 6.10 Å². The molecule has 0 aromatic rings. The van der Waals surface area contributed by atoms with Crippen molar-refractivity contribution in [3.05, 3.63) is 0 Å². The second kappa shape index (κ2) is 7.10. The van der Waals surface area contributed by atoms with Crippen molar-refractivity contribution in [3.8, 4) is 0 Å². The van der Waals surface area contributed by atoms with E-state index < -0.39 is 0 Å². The van der Waals surface area contributed by atoms with Gasteiger partial charge in [0.1, 0.15) is 0 Å². The zero-order valence-corrected chi connectivity index (χ0v) is 12.0. The van der Waals surface area contributed by atoms with Crippen LogP contribution in [0.2, 0.25) is 0 Å². The average molecular weight is 256 g/mol. The van der Waals surface area contributed by atoms with Crippen molar-refractivity contribution in [1.29, 1.82) is 0 Å². The first-order valence-corrected chi connectivity index (χ1v) is 7.01. The van der Waals surface area contributed by atoms with Crippen LogP contribution in [0.1, 0.15) is 52.9 Å². The molecule has 0 spiro atoms. The van der Waals surface area contributed by atoms with Gasteiger partial charge in [0.2, 0.25) is 5.91 Å². The third-order valence-corrected chi connectivity index (χ3v) is 3.12. The monoisotopic (exact) mass is 256 g/mol. The maximum Gasteiger partial charge on any atom is 0.221 e. The Morgan fingerprint density at radius 1 is 1.44 bits per heavy atom. The van der Waals surface area contributed by atoms with Gasteiger partial charge in [0.15, 0.2) is 0 Å². The van der Waals surface area contributed by atoms with Gasteiger partial charge in [-0.1, -0.05) is 20.8 Å². The summed E-state index contributed by atoms with van der Waals surface area (Å²) in [7, 11) is 0. The minimum Gasteiger partial charge on any atom is -0.376 e. The first-order chi connectivity index (χ1) is 8.37. The SMILES string of the molecule is CC(C)(C)CC(N)CC(=O)NCC1CCCCO1. The number of ether oxygens (including phenoxy) is 1. The molecule has 1 aliphatic heterocycles. The predicted molar refractivity (Wildman–Crippen MR) is 73.3 cm³/mol. The smallest absolute Gasteiger partial charge is 0.221 e. The fourth-order valence-electron chi connectivity index (χ4n) is 2.37. The van der Waals surface area contributed by atoms with E-state index in [4.69, 9.17) is 10.5 Å². The summed E-state index contributed by atoms with van der Waals surface area (Å²) in [6, 6.07) is -0.0581. The molecule has 0 aliphatic carbocycles. The summed E-state index contributed by atoms with van der Waals surface area (Å²) in [6.07, 6.45) is 4.85. The topological polar surface area (TPSA) is 64.4 Å². The van der Waals surface area contributed by atoms with Crippen molar-refractivity contribution in [3.63, 3.8) is 0 Å². The van der Waals surface area contributed by atoms with Crippen molar-refractivity contribution < 1.29 is 9.53 Å². The quantitative estimate of drug-likeness (QED) is 0.788. The summed E-state index contributed by atoms with van der Waals surface area (Å²) >= 11 is 0. The molecular weight excluding hydrogens is 228 g/mol. The molecule has 0 saturated carbocycles. The number of amides is 1. The highest BCUT2D eigenvalue weighted by Crippen LogP contribution is 2.21. The van der Waals surface area contributed by atoms with Crippen molar-refractivity contribution in [2.45, 2.75) is 65.0 Å². The molecule has 4 nitrogen and oxygen atoms in total. The third kappa shape index (κ3) is 6.97. The van der Waals surface area contributed by atoms with Crippen molar-refractivity contribution in [2.24, 2.45) is 11.1 Å². The molecule has 2 atom stereocenters. The molecule has 1 saturated heterocycles. The van der Waals surface area contributed by atoms with Crippen LogP contribution >= 0.6 is 0 Å². The zero-order valence-electron chi connectivity index (χ0n) is 12.0. The summed E-state index contributed by atoms with van der Waals surface area (Å²) in [4.78, 5) is 11.7. The van der Waals surface area contributed by atoms with Crippen LogP contribution in [0, 0.1) is 5.41 Å². The number of carbonyl (C=O) groups is 1. The number of nitrogens with one attached hydrogen (secondary N) is 1. The molecule has 1 heterocycles. The Bertz CT molecular complexity index is 255. The van der Waals surface area contributed by atoms with Gasteiger partial charge in [-0.3, -0.25) is 4.79 Å². The number of rotatable bonds is 5. The van der Waals surface area contributed by atoms with Crippen LogP contribution < -0.4 is 11.1 Å². The number of hydrogen-bond acceptors (Lipinski definition) is 3. The highest BCUT2D eigenvalue weighted by Gasteiger charge is 2.19. The van der Waals surface area contributed by atoms with Gasteiger partial charge in [0.25, 0.3) is 0 Å². The van der Waals surface area contributed by atoms with E-state index >= 15 is 0 Å². The summed E-state index contributed by atoms with van der Waals surface area (Å²) < 4.78 is 5.57. The number of hydrogen-bond donors (Lipinski definition) is 2. The van der Waals surface area contributed by atoms with Crippen LogP contribution in [0.15, 0.2) is 0 Å². The van der Waals surface area contributed by atoms with Gasteiger partial charge < -0.3 is 15.8 Å². The molecule has 3 N–H and O–H groups in total. The van der Waals surface area contributed by atoms with E-state index in [1.165, 1.54) is 6.42 Å². The molecule has 0 aromatic carbocycles. The fourth-order valence-corrected chi connectivity index (χ4v) is 2.37. The van der Waals surface area contributed by atoms with E-state index in [0.29, 0.717) is 13.0 Å². The van der Waals surface area contributed by atoms with Crippen LogP contribution in [-0.2, 0) is 9.53 Å². The van der Waals surface area contributed by atoms with Crippen LogP contribution in [-0.4, -0.2) is 31.2 Å². The molecule has 18 heavy (non-hydrogen) atoms. The Hall–Kier alpha value is -0.610. The van der Waals surface area contributed by atoms with Crippen molar-refractivity contribution >= 4 is 5.91 Å². The summed E-state index contributed by atoms with van der Waals surface area (Å²) in [5.41, 5.74) is 6.15. The molecule has 0 radical (unpaired) electrons. The second-order valence-electron chi connectivity index (χ2n) is 6.52. The van der Waals surface area contributed by atoms with Crippen LogP contribution in [0.25, 0.3) is 0 Å². The largest absolute Gasteiger partial charge is 0.376 e. The molecule has 106 valence electrons. The molecule has 0 bridgehead atoms. The minimum atomic E-state index is -0.0581. The molecule has 1 aliphatic rings. The van der Waals surface area contributed by atoms with Crippen LogP contribution in [0.3, 0.4) is 0 Å². The Kier molecular flexibility index (Phi) is 6.09. The molecule has 2 unspecified atom stereocenters. The van der Waals surface area contributed by atoms with E-state index in [0.717, 1.165) is 25.9 Å². The van der Waals surface area contributed by atoms with Crippen molar-refractivity contribution in [1.82, 2.24) is 5.32 Å². The van der Waals surface area contributed by atoms with Crippen LogP contribution in [0.5, 0.6) is 0 Å². The van der Waals surface area contributed by atoms with Gasteiger partial charge >= 0.3 is 0 Å². The summed E-state index contributed by atoms with van der Waals surface area (Å²) in [5.74, 6) is 0.0425.